The summed E-state index contributed by atoms with van der Waals surface area (Å²) in [5.74, 6) is -0.280. The van der Waals surface area contributed by atoms with Gasteiger partial charge in [-0.2, -0.15) is 4.31 Å². The molecule has 4 aromatic rings. The quantitative estimate of drug-likeness (QED) is 0.345. The third-order valence-electron chi connectivity index (χ3n) is 5.77. The topological polar surface area (TPSA) is 83.5 Å². The summed E-state index contributed by atoms with van der Waals surface area (Å²) in [5.41, 5.74) is 2.58. The molecule has 0 radical (unpaired) electrons. The van der Waals surface area contributed by atoms with Crippen molar-refractivity contribution in [3.8, 4) is 0 Å². The highest BCUT2D eigenvalue weighted by Crippen LogP contribution is 2.36. The average Bonchev–Trinajstić information content (AvgIpc) is 3.58. The minimum absolute atomic E-state index is 0.248. The normalized spacial score (nSPS) is 16.8. The van der Waals surface area contributed by atoms with Crippen LogP contribution in [0.15, 0.2) is 58.4 Å². The lowest BCUT2D eigenvalue weighted by atomic mass is 10.2. The van der Waals surface area contributed by atoms with Gasteiger partial charge in [0.05, 0.1) is 16.8 Å². The molecule has 0 saturated carbocycles. The number of carbonyl (C=O) groups is 1. The molecule has 0 aliphatic carbocycles. The van der Waals surface area contributed by atoms with Gasteiger partial charge in [0.2, 0.25) is 5.91 Å². The van der Waals surface area contributed by atoms with E-state index in [4.69, 9.17) is 16.6 Å². The number of benzene rings is 1. The van der Waals surface area contributed by atoms with Gasteiger partial charge < -0.3 is 0 Å². The fraction of sp³-hybridized carbons (Fsp3) is 0.261. The van der Waals surface area contributed by atoms with Gasteiger partial charge in [-0.3, -0.25) is 14.7 Å². The van der Waals surface area contributed by atoms with Crippen LogP contribution in [0.3, 0.4) is 0 Å². The van der Waals surface area contributed by atoms with E-state index < -0.39 is 16.1 Å². The highest BCUT2D eigenvalue weighted by Gasteiger charge is 2.42. The largest absolute Gasteiger partial charge is 0.282 e. The van der Waals surface area contributed by atoms with Crippen LogP contribution in [0.1, 0.15) is 24.0 Å². The van der Waals surface area contributed by atoms with Crippen molar-refractivity contribution < 1.29 is 13.2 Å². The highest BCUT2D eigenvalue weighted by atomic mass is 35.5. The van der Waals surface area contributed by atoms with E-state index in [0.29, 0.717) is 29.5 Å². The van der Waals surface area contributed by atoms with Crippen LogP contribution in [0.2, 0.25) is 5.02 Å². The van der Waals surface area contributed by atoms with Crippen molar-refractivity contribution in [2.45, 2.75) is 36.6 Å². The molecule has 1 atom stereocenters. The zero-order valence-corrected chi connectivity index (χ0v) is 21.4. The van der Waals surface area contributed by atoms with Crippen LogP contribution in [0.5, 0.6) is 0 Å². The number of hydrogen-bond donors (Lipinski definition) is 0. The first-order valence-electron chi connectivity index (χ1n) is 10.7. The number of aromatic nitrogens is 2. The maximum absolute atomic E-state index is 14.0. The molecule has 7 nitrogen and oxygen atoms in total. The number of nitrogens with zero attached hydrogens (tertiary/aromatic N) is 4. The Morgan fingerprint density at radius 1 is 1.26 bits per heavy atom. The number of rotatable bonds is 6. The van der Waals surface area contributed by atoms with Crippen molar-refractivity contribution in [3.05, 3.63) is 70.3 Å². The van der Waals surface area contributed by atoms with Gasteiger partial charge in [-0.25, -0.2) is 13.4 Å². The Bertz CT molecular complexity index is 1440. The molecule has 34 heavy (non-hydrogen) atoms. The van der Waals surface area contributed by atoms with Gasteiger partial charge in [-0.05, 0) is 66.6 Å². The second-order valence-corrected chi connectivity index (χ2v) is 12.6. The molecular formula is C23H21ClN4O3S3. The van der Waals surface area contributed by atoms with Crippen LogP contribution in [-0.4, -0.2) is 41.2 Å². The lowest BCUT2D eigenvalue weighted by Crippen LogP contribution is -2.47. The predicted molar refractivity (Wildman–Crippen MR) is 136 cm³/mol. The Hall–Kier alpha value is -2.37. The van der Waals surface area contributed by atoms with Gasteiger partial charge in [0.15, 0.2) is 5.13 Å². The number of thiophene rings is 1. The molecule has 0 spiro atoms. The highest BCUT2D eigenvalue weighted by molar-refractivity contribution is 7.91. The maximum Gasteiger partial charge on any atom is 0.253 e. The molecule has 0 N–H and O–H groups in total. The number of sulfonamides is 1. The monoisotopic (exact) mass is 532 g/mol. The minimum Gasteiger partial charge on any atom is -0.282 e. The smallest absolute Gasteiger partial charge is 0.253 e. The van der Waals surface area contributed by atoms with Crippen LogP contribution in [0, 0.1) is 6.92 Å². The molecule has 1 amide bonds. The number of hydrogen-bond acceptors (Lipinski definition) is 7. The van der Waals surface area contributed by atoms with Crippen molar-refractivity contribution in [3.63, 3.8) is 0 Å². The average molecular weight is 533 g/mol. The Labute approximate surface area is 210 Å². The standard InChI is InChI=1S/C23H21ClN4O3S3/c1-15-12-17(24)13-19-21(15)26-23(33-19)27(14-16-6-8-25-9-7-16)22(29)18-4-2-10-28(18)34(30,31)20-5-3-11-32-20/h3,5-9,11-13,18H,2,4,10,14H2,1H3. The molecule has 1 unspecified atom stereocenters. The van der Waals surface area contributed by atoms with Gasteiger partial charge in [0.1, 0.15) is 10.3 Å². The second kappa shape index (κ2) is 9.35. The molecule has 1 aromatic carbocycles. The zero-order chi connectivity index (χ0) is 23.9. The van der Waals surface area contributed by atoms with Gasteiger partial charge >= 0.3 is 0 Å². The van der Waals surface area contributed by atoms with Crippen molar-refractivity contribution in [2.24, 2.45) is 0 Å². The van der Waals surface area contributed by atoms with Gasteiger partial charge in [0, 0.05) is 24.0 Å². The fourth-order valence-corrected chi connectivity index (χ4v) is 8.34. The molecule has 4 heterocycles. The molecule has 5 rings (SSSR count). The third-order valence-corrected chi connectivity index (χ3v) is 10.3. The zero-order valence-electron chi connectivity index (χ0n) is 18.2. The Balaban J connectivity index is 1.55. The van der Waals surface area contributed by atoms with Crippen LogP contribution in [-0.2, 0) is 21.4 Å². The second-order valence-electron chi connectivity index (χ2n) is 8.05. The van der Waals surface area contributed by atoms with Crippen LogP contribution in [0.4, 0.5) is 5.13 Å². The number of carbonyl (C=O) groups excluding carboxylic acids is 1. The SMILES string of the molecule is Cc1cc(Cl)cc2sc(N(Cc3ccncc3)C(=O)C3CCCN3S(=O)(=O)c3cccs3)nc12. The first-order valence-corrected chi connectivity index (χ1v) is 14.2. The van der Waals surface area contributed by atoms with Crippen molar-refractivity contribution in [1.29, 1.82) is 0 Å². The molecule has 176 valence electrons. The summed E-state index contributed by atoms with van der Waals surface area (Å²) < 4.78 is 29.0. The number of fused-ring (bicyclic) bond motifs is 1. The minimum atomic E-state index is -3.76. The number of pyridine rings is 1. The number of anilines is 1. The first-order chi connectivity index (χ1) is 16.3. The fourth-order valence-electron chi connectivity index (χ4n) is 4.15. The summed E-state index contributed by atoms with van der Waals surface area (Å²) in [4.78, 5) is 24.4. The van der Waals surface area contributed by atoms with Crippen molar-refractivity contribution >= 4 is 65.6 Å². The number of aryl methyl sites for hydroxylation is 1. The Kier molecular flexibility index (Phi) is 6.43. The molecular weight excluding hydrogens is 512 g/mol. The Morgan fingerprint density at radius 3 is 2.79 bits per heavy atom. The van der Waals surface area contributed by atoms with Crippen LogP contribution >= 0.6 is 34.3 Å². The molecule has 1 saturated heterocycles. The third kappa shape index (κ3) is 4.36. The molecule has 3 aromatic heterocycles. The van der Waals surface area contributed by atoms with E-state index in [0.717, 1.165) is 32.7 Å². The molecule has 1 aliphatic rings. The van der Waals surface area contributed by atoms with Crippen molar-refractivity contribution in [1.82, 2.24) is 14.3 Å². The van der Waals surface area contributed by atoms with E-state index in [2.05, 4.69) is 4.98 Å². The summed E-state index contributed by atoms with van der Waals surface area (Å²) in [6.45, 7) is 2.50. The Morgan fingerprint density at radius 2 is 2.06 bits per heavy atom. The van der Waals surface area contributed by atoms with Gasteiger partial charge in [-0.15, -0.1) is 11.3 Å². The lowest BCUT2D eigenvalue weighted by molar-refractivity contribution is -0.121. The molecule has 1 aliphatic heterocycles. The first kappa shape index (κ1) is 23.4. The van der Waals surface area contributed by atoms with E-state index in [1.165, 1.54) is 15.6 Å². The van der Waals surface area contributed by atoms with Crippen LogP contribution < -0.4 is 4.90 Å². The molecule has 0 bridgehead atoms. The summed E-state index contributed by atoms with van der Waals surface area (Å²) in [7, 11) is -3.76. The van der Waals surface area contributed by atoms with Gasteiger partial charge in [0.25, 0.3) is 10.0 Å². The van der Waals surface area contributed by atoms with Gasteiger partial charge in [-0.1, -0.05) is 29.0 Å². The number of amides is 1. The summed E-state index contributed by atoms with van der Waals surface area (Å²) >= 11 is 8.78. The lowest BCUT2D eigenvalue weighted by Gasteiger charge is -2.28. The van der Waals surface area contributed by atoms with Crippen LogP contribution in [0.25, 0.3) is 10.2 Å². The molecule has 11 heteroatoms. The molecule has 1 fully saturated rings. The summed E-state index contributed by atoms with van der Waals surface area (Å²) in [6, 6.07) is 9.85. The summed E-state index contributed by atoms with van der Waals surface area (Å²) in [6.07, 6.45) is 4.43. The van der Waals surface area contributed by atoms with E-state index in [9.17, 15) is 13.2 Å². The van der Waals surface area contributed by atoms with E-state index in [1.807, 2.05) is 31.2 Å². The number of halogens is 1. The summed E-state index contributed by atoms with van der Waals surface area (Å²) in [5, 5.41) is 2.85. The van der Waals surface area contributed by atoms with E-state index in [-0.39, 0.29) is 16.7 Å². The predicted octanol–water partition coefficient (Wildman–Crippen LogP) is 5.10. The van der Waals surface area contributed by atoms with E-state index in [1.54, 1.807) is 34.8 Å². The van der Waals surface area contributed by atoms with E-state index >= 15 is 0 Å². The number of thiazole rings is 1. The maximum atomic E-state index is 14.0. The van der Waals surface area contributed by atoms with Crippen molar-refractivity contribution in [2.75, 3.05) is 11.4 Å².